The number of unbranched alkanes of at least 4 members (excludes halogenated alkanes) is 4. The van der Waals surface area contributed by atoms with Crippen molar-refractivity contribution < 1.29 is 43.0 Å². The van der Waals surface area contributed by atoms with Gasteiger partial charge in [0.15, 0.2) is 5.67 Å². The van der Waals surface area contributed by atoms with Crippen LogP contribution in [-0.4, -0.2) is 122 Å². The second-order valence-corrected chi connectivity index (χ2v) is 24.5. The molecule has 432 valence electrons. The van der Waals surface area contributed by atoms with Crippen LogP contribution in [0.15, 0.2) is 84.4 Å². The number of likely N-dealkylation sites (tertiary alicyclic amines) is 1. The van der Waals surface area contributed by atoms with Crippen molar-refractivity contribution in [2.75, 3.05) is 39.1 Å². The molecule has 0 bridgehead atoms. The number of amides is 6. The molecule has 2 saturated carbocycles. The number of carbonyl (C=O) groups excluding carboxylic acids is 6. The van der Waals surface area contributed by atoms with Gasteiger partial charge in [-0.1, -0.05) is 76.4 Å². The molecule has 6 amide bonds. The number of anilines is 1. The number of carbonyl (C=O) groups is 6. The summed E-state index contributed by atoms with van der Waals surface area (Å²) in [6.07, 6.45) is 7.07. The molecule has 2 aromatic heterocycles. The average Bonchev–Trinajstić information content (AvgIpc) is 3.60. The van der Waals surface area contributed by atoms with E-state index in [0.29, 0.717) is 48.8 Å². The van der Waals surface area contributed by atoms with Crippen LogP contribution >= 0.6 is 11.3 Å². The quantitative estimate of drug-likeness (QED) is 0.0395. The van der Waals surface area contributed by atoms with Crippen molar-refractivity contribution in [1.29, 1.82) is 0 Å². The molecule has 1 saturated heterocycles. The van der Waals surface area contributed by atoms with Crippen molar-refractivity contribution in [1.82, 2.24) is 40.2 Å². The number of benzene rings is 3. The predicted octanol–water partition coefficient (Wildman–Crippen LogP) is 8.42. The molecule has 0 unspecified atom stereocenters. The topological polar surface area (TPSA) is 208 Å². The third kappa shape index (κ3) is 13.7. The van der Waals surface area contributed by atoms with Crippen LogP contribution in [0.2, 0.25) is 0 Å². The lowest BCUT2D eigenvalue weighted by molar-refractivity contribution is -0.145. The van der Waals surface area contributed by atoms with Gasteiger partial charge in [-0.15, -0.1) is 11.3 Å². The number of halogens is 1. The van der Waals surface area contributed by atoms with Crippen molar-refractivity contribution in [2.45, 2.75) is 160 Å². The highest BCUT2D eigenvalue weighted by molar-refractivity contribution is 7.13. The molecule has 3 fully saturated rings. The summed E-state index contributed by atoms with van der Waals surface area (Å²) in [7, 11) is 3.51. The van der Waals surface area contributed by atoms with Gasteiger partial charge in [0.05, 0.1) is 34.3 Å². The van der Waals surface area contributed by atoms with Crippen LogP contribution in [-0.2, 0) is 50.9 Å². The number of aryl methyl sites for hydroxylation is 1. The van der Waals surface area contributed by atoms with Crippen LogP contribution in [0, 0.1) is 12.3 Å². The summed E-state index contributed by atoms with van der Waals surface area (Å²) in [6.45, 7) is 10.3. The molecular weight excluding hydrogens is 1050 g/mol. The van der Waals surface area contributed by atoms with E-state index in [0.717, 1.165) is 97.3 Å². The normalized spacial score (nSPS) is 18.3. The Morgan fingerprint density at radius 2 is 1.58 bits per heavy atom. The molecule has 4 aliphatic rings. The van der Waals surface area contributed by atoms with E-state index in [1.807, 2.05) is 79.7 Å². The predicted molar refractivity (Wildman–Crippen MR) is 309 cm³/mol. The zero-order valence-electron chi connectivity index (χ0n) is 47.6. The van der Waals surface area contributed by atoms with Gasteiger partial charge in [-0.2, -0.15) is 0 Å². The SMILES string of the molecule is Cc1ncsc1-c1ccc(CNC(=O)[C@@H]2C[C@@H](O)CN2C(=O)[C@@H](NC(=O)C2(F)CC2)C(C)(C)C)c(OCCCCCCCC(=O)Nc2ccc(CNC(=O)c3ccc4n3CCN(Cc3ccc(C(=O)N(C)C)cc3)C43CCC3)cc2)c1. The first-order chi connectivity index (χ1) is 38.7. The highest BCUT2D eigenvalue weighted by atomic mass is 32.1. The van der Waals surface area contributed by atoms with E-state index in [4.69, 9.17) is 4.74 Å². The Balaban J connectivity index is 0.695. The lowest BCUT2D eigenvalue weighted by Crippen LogP contribution is -2.59. The van der Waals surface area contributed by atoms with Gasteiger partial charge in [0.1, 0.15) is 23.5 Å². The van der Waals surface area contributed by atoms with Crippen LogP contribution in [0.4, 0.5) is 10.1 Å². The number of β-amino-alcohol motifs (C(OH)–C–C–N with tert-alkyl or cyclic N) is 1. The molecule has 5 N–H and O–H groups in total. The molecule has 3 atom stereocenters. The maximum Gasteiger partial charge on any atom is 0.268 e. The Morgan fingerprint density at radius 1 is 0.864 bits per heavy atom. The maximum atomic E-state index is 14.7. The van der Waals surface area contributed by atoms with E-state index in [2.05, 4.69) is 41.8 Å². The number of alkyl halides is 1. The van der Waals surface area contributed by atoms with E-state index in [-0.39, 0.29) is 55.6 Å². The first-order valence-corrected chi connectivity index (χ1v) is 29.5. The molecular formula is C62H78FN9O8S. The van der Waals surface area contributed by atoms with Crippen molar-refractivity contribution in [2.24, 2.45) is 5.41 Å². The summed E-state index contributed by atoms with van der Waals surface area (Å²) in [6, 6.07) is 23.2. The number of fused-ring (bicyclic) bond motifs is 2. The fourth-order valence-corrected chi connectivity index (χ4v) is 12.1. The third-order valence-electron chi connectivity index (χ3n) is 16.4. The van der Waals surface area contributed by atoms with E-state index in [1.54, 1.807) is 45.3 Å². The monoisotopic (exact) mass is 1130 g/mol. The number of rotatable bonds is 23. The number of hydrogen-bond acceptors (Lipinski definition) is 11. The Kier molecular flexibility index (Phi) is 18.1. The van der Waals surface area contributed by atoms with E-state index in [1.165, 1.54) is 21.9 Å². The molecule has 2 aliphatic carbocycles. The third-order valence-corrected chi connectivity index (χ3v) is 17.4. The zero-order chi connectivity index (χ0) is 57.6. The minimum atomic E-state index is -1.98. The largest absolute Gasteiger partial charge is 0.493 e. The van der Waals surface area contributed by atoms with Crippen LogP contribution < -0.4 is 26.0 Å². The number of nitrogens with one attached hydrogen (secondary N) is 4. The minimum Gasteiger partial charge on any atom is -0.493 e. The molecule has 3 aromatic carbocycles. The molecule has 17 nitrogen and oxygen atoms in total. The standard InChI is InChI=1S/C62H78FN9O8S/c1-40-53(81-39-66-40)44-20-21-45(36-65-56(76)49-34-47(73)38-72(49)58(78)54(60(2,3)4)68-59(79)61(63)28-29-61)50(33-44)80-32-11-9-7-8-10-13-52(74)67-46-22-16-41(17-23-46)35-64-55(75)48-24-25-51-62(26-12-27-62)70(30-31-71(48)51)37-42-14-18-43(19-15-42)57(77)69(5)6/h14-25,33,39,47,49,54,73H,7-13,26-32,34-38H2,1-6H3,(H,64,75)(H,65,76)(H,67,74)(H,68,79)/t47-,49+,54-/m1/s1. The van der Waals surface area contributed by atoms with Gasteiger partial charge in [-0.25, -0.2) is 9.37 Å². The number of hydrogen-bond donors (Lipinski definition) is 5. The molecule has 19 heteroatoms. The van der Waals surface area contributed by atoms with Gasteiger partial charge in [0.2, 0.25) is 17.7 Å². The van der Waals surface area contributed by atoms with E-state index in [9.17, 15) is 38.3 Å². The maximum absolute atomic E-state index is 14.7. The van der Waals surface area contributed by atoms with Crippen molar-refractivity contribution in [3.8, 4) is 16.2 Å². The lowest BCUT2D eigenvalue weighted by atomic mass is 9.71. The molecule has 4 heterocycles. The van der Waals surface area contributed by atoms with Gasteiger partial charge in [0.25, 0.3) is 17.7 Å². The van der Waals surface area contributed by atoms with Crippen LogP contribution in [0.3, 0.4) is 0 Å². The molecule has 5 aromatic rings. The molecule has 0 radical (unpaired) electrons. The summed E-state index contributed by atoms with van der Waals surface area (Å²) < 4.78 is 23.2. The number of nitrogens with zero attached hydrogens (tertiary/aromatic N) is 5. The Labute approximate surface area is 478 Å². The van der Waals surface area contributed by atoms with Crippen molar-refractivity contribution in [3.63, 3.8) is 0 Å². The van der Waals surface area contributed by atoms with E-state index >= 15 is 0 Å². The summed E-state index contributed by atoms with van der Waals surface area (Å²) in [4.78, 5) is 90.3. The van der Waals surface area contributed by atoms with Crippen LogP contribution in [0.25, 0.3) is 10.4 Å². The second-order valence-electron chi connectivity index (χ2n) is 23.7. The molecule has 2 aliphatic heterocycles. The first kappa shape index (κ1) is 58.7. The van der Waals surface area contributed by atoms with Gasteiger partial charge in [0, 0.05) is 88.7 Å². The Hall–Kier alpha value is -6.96. The lowest BCUT2D eigenvalue weighted by Gasteiger charge is -2.53. The highest BCUT2D eigenvalue weighted by Crippen LogP contribution is 2.49. The number of aliphatic hydroxyl groups excluding tert-OH is 1. The fraction of sp³-hybridized carbons (Fsp3) is 0.500. The summed E-state index contributed by atoms with van der Waals surface area (Å²) in [5.74, 6) is -1.42. The fourth-order valence-electron chi connectivity index (χ4n) is 11.3. The van der Waals surface area contributed by atoms with Crippen molar-refractivity contribution in [3.05, 3.63) is 124 Å². The first-order valence-electron chi connectivity index (χ1n) is 28.6. The highest BCUT2D eigenvalue weighted by Gasteiger charge is 2.54. The average molecular weight is 1130 g/mol. The summed E-state index contributed by atoms with van der Waals surface area (Å²) in [5, 5.41) is 22.3. The zero-order valence-corrected chi connectivity index (χ0v) is 48.4. The number of aliphatic hydroxyl groups is 1. The molecule has 9 rings (SSSR count). The second kappa shape index (κ2) is 25.0. The van der Waals surface area contributed by atoms with Crippen LogP contribution in [0.1, 0.15) is 147 Å². The van der Waals surface area contributed by atoms with Crippen LogP contribution in [0.5, 0.6) is 5.75 Å². The van der Waals surface area contributed by atoms with E-state index < -0.39 is 47.0 Å². The van der Waals surface area contributed by atoms with Gasteiger partial charge in [-0.3, -0.25) is 33.7 Å². The number of aromatic nitrogens is 2. The number of thiazole rings is 1. The summed E-state index contributed by atoms with van der Waals surface area (Å²) >= 11 is 1.53. The van der Waals surface area contributed by atoms with Gasteiger partial charge in [-0.05, 0) is 116 Å². The minimum absolute atomic E-state index is 0.0117. The smallest absolute Gasteiger partial charge is 0.268 e. The Morgan fingerprint density at radius 3 is 2.25 bits per heavy atom. The Bertz CT molecular complexity index is 3090. The van der Waals surface area contributed by atoms with Gasteiger partial charge >= 0.3 is 0 Å². The molecule has 1 spiro atoms. The summed E-state index contributed by atoms with van der Waals surface area (Å²) in [5.41, 5.74) is 6.78. The number of ether oxygens (including phenoxy) is 1. The van der Waals surface area contributed by atoms with Crippen molar-refractivity contribution >= 4 is 52.5 Å². The molecule has 81 heavy (non-hydrogen) atoms. The van der Waals surface area contributed by atoms with Gasteiger partial charge < -0.3 is 45.5 Å².